The maximum Gasteiger partial charge on any atom is 0.198 e. The predicted octanol–water partition coefficient (Wildman–Crippen LogP) is 4.60. The van der Waals surface area contributed by atoms with Crippen molar-refractivity contribution in [2.24, 2.45) is 0 Å². The lowest BCUT2D eigenvalue weighted by molar-refractivity contribution is 0.0949. The molecule has 0 unspecified atom stereocenters. The smallest absolute Gasteiger partial charge is 0.198 e. The van der Waals surface area contributed by atoms with E-state index in [1.165, 1.54) is 0 Å². The highest BCUT2D eigenvalue weighted by Gasteiger charge is 2.47. The second kappa shape index (κ2) is 7.64. The summed E-state index contributed by atoms with van der Waals surface area (Å²) in [6.07, 6.45) is -0.728. The fourth-order valence-corrected chi connectivity index (χ4v) is 3.07. The normalized spacial score (nSPS) is 18.0. The topological polar surface area (TPSA) is 48.1 Å². The SMILES string of the molecule is COc1cccc([C@H]2O[C@@H]2C(=O)c2ccccc2OCc2ccccc2)c1. The van der Waals surface area contributed by atoms with Crippen LogP contribution in [0.5, 0.6) is 11.5 Å². The molecule has 1 fully saturated rings. The summed E-state index contributed by atoms with van der Waals surface area (Å²) in [5.41, 5.74) is 2.54. The predicted molar refractivity (Wildman–Crippen MR) is 102 cm³/mol. The minimum Gasteiger partial charge on any atom is -0.497 e. The largest absolute Gasteiger partial charge is 0.497 e. The number of epoxide rings is 1. The first kappa shape index (κ1) is 17.3. The van der Waals surface area contributed by atoms with Crippen LogP contribution in [-0.4, -0.2) is 19.0 Å². The molecule has 0 radical (unpaired) electrons. The van der Waals surface area contributed by atoms with Gasteiger partial charge < -0.3 is 14.2 Å². The molecule has 4 heteroatoms. The third kappa shape index (κ3) is 3.86. The maximum absolute atomic E-state index is 12.9. The van der Waals surface area contributed by atoms with Gasteiger partial charge in [-0.05, 0) is 35.4 Å². The molecule has 1 heterocycles. The fraction of sp³-hybridized carbons (Fsp3) is 0.174. The first-order chi connectivity index (χ1) is 13.3. The van der Waals surface area contributed by atoms with Crippen LogP contribution in [0.25, 0.3) is 0 Å². The van der Waals surface area contributed by atoms with Crippen molar-refractivity contribution < 1.29 is 19.0 Å². The molecule has 27 heavy (non-hydrogen) atoms. The van der Waals surface area contributed by atoms with Gasteiger partial charge in [-0.3, -0.25) is 4.79 Å². The lowest BCUT2D eigenvalue weighted by atomic mass is 10.0. The summed E-state index contributed by atoms with van der Waals surface area (Å²) in [4.78, 5) is 12.9. The average molecular weight is 360 g/mol. The van der Waals surface area contributed by atoms with Gasteiger partial charge in [0.15, 0.2) is 11.9 Å². The molecular weight excluding hydrogens is 340 g/mol. The van der Waals surface area contributed by atoms with E-state index in [0.29, 0.717) is 17.9 Å². The van der Waals surface area contributed by atoms with Crippen LogP contribution < -0.4 is 9.47 Å². The Balaban J connectivity index is 1.48. The van der Waals surface area contributed by atoms with Crippen LogP contribution in [0.15, 0.2) is 78.9 Å². The minimum atomic E-state index is -0.487. The third-order valence-corrected chi connectivity index (χ3v) is 4.56. The van der Waals surface area contributed by atoms with E-state index in [9.17, 15) is 4.79 Å². The van der Waals surface area contributed by atoms with Gasteiger partial charge in [0, 0.05) is 0 Å². The quantitative estimate of drug-likeness (QED) is 0.456. The molecule has 136 valence electrons. The van der Waals surface area contributed by atoms with Gasteiger partial charge in [-0.15, -0.1) is 0 Å². The number of carbonyl (C=O) groups excluding carboxylic acids is 1. The van der Waals surface area contributed by atoms with E-state index in [1.807, 2.05) is 72.8 Å². The summed E-state index contributed by atoms with van der Waals surface area (Å²) in [7, 11) is 1.62. The van der Waals surface area contributed by atoms with E-state index < -0.39 is 6.10 Å². The van der Waals surface area contributed by atoms with E-state index in [2.05, 4.69) is 0 Å². The zero-order valence-electron chi connectivity index (χ0n) is 15.0. The molecule has 0 aromatic heterocycles. The van der Waals surface area contributed by atoms with Crippen LogP contribution >= 0.6 is 0 Å². The number of hydrogen-bond acceptors (Lipinski definition) is 4. The molecule has 1 aliphatic rings. The van der Waals surface area contributed by atoms with Crippen molar-refractivity contribution in [3.05, 3.63) is 95.6 Å². The molecule has 4 nitrogen and oxygen atoms in total. The molecule has 0 amide bonds. The van der Waals surface area contributed by atoms with E-state index in [0.717, 1.165) is 16.9 Å². The number of ketones is 1. The Morgan fingerprint density at radius 3 is 2.56 bits per heavy atom. The maximum atomic E-state index is 12.9. The summed E-state index contributed by atoms with van der Waals surface area (Å²) in [6.45, 7) is 0.413. The highest BCUT2D eigenvalue weighted by molar-refractivity contribution is 6.03. The van der Waals surface area contributed by atoms with Gasteiger partial charge in [-0.2, -0.15) is 0 Å². The highest BCUT2D eigenvalue weighted by atomic mass is 16.6. The number of hydrogen-bond donors (Lipinski definition) is 0. The number of benzene rings is 3. The monoisotopic (exact) mass is 360 g/mol. The molecule has 1 saturated heterocycles. The first-order valence-corrected chi connectivity index (χ1v) is 8.85. The van der Waals surface area contributed by atoms with Crippen LogP contribution in [0.3, 0.4) is 0 Å². The summed E-state index contributed by atoms with van der Waals surface area (Å²) in [5, 5.41) is 0. The van der Waals surface area contributed by atoms with Crippen molar-refractivity contribution in [2.45, 2.75) is 18.8 Å². The van der Waals surface area contributed by atoms with Crippen LogP contribution in [-0.2, 0) is 11.3 Å². The van der Waals surface area contributed by atoms with Crippen molar-refractivity contribution in [1.29, 1.82) is 0 Å². The molecule has 1 aliphatic heterocycles. The lowest BCUT2D eigenvalue weighted by Gasteiger charge is -2.10. The molecule has 2 atom stereocenters. The molecule has 0 N–H and O–H groups in total. The Hall–Kier alpha value is -3.11. The van der Waals surface area contributed by atoms with E-state index in [1.54, 1.807) is 13.2 Å². The van der Waals surface area contributed by atoms with E-state index in [-0.39, 0.29) is 11.9 Å². The number of para-hydroxylation sites is 1. The van der Waals surface area contributed by atoms with Crippen molar-refractivity contribution in [3.8, 4) is 11.5 Å². The van der Waals surface area contributed by atoms with Crippen molar-refractivity contribution >= 4 is 5.78 Å². The van der Waals surface area contributed by atoms with Gasteiger partial charge in [0.05, 0.1) is 12.7 Å². The van der Waals surface area contributed by atoms with Gasteiger partial charge in [-0.1, -0.05) is 54.6 Å². The first-order valence-electron chi connectivity index (χ1n) is 8.85. The number of methoxy groups -OCH3 is 1. The Bertz CT molecular complexity index is 936. The van der Waals surface area contributed by atoms with Crippen molar-refractivity contribution in [3.63, 3.8) is 0 Å². The summed E-state index contributed by atoms with van der Waals surface area (Å²) < 4.78 is 16.8. The van der Waals surface area contributed by atoms with Crippen LogP contribution in [0.4, 0.5) is 0 Å². The molecule has 3 aromatic rings. The molecule has 0 saturated carbocycles. The second-order valence-corrected chi connectivity index (χ2v) is 6.39. The number of ether oxygens (including phenoxy) is 3. The average Bonchev–Trinajstić information content (AvgIpc) is 3.54. The summed E-state index contributed by atoms with van der Waals surface area (Å²) in [5.74, 6) is 1.26. The number of rotatable bonds is 7. The third-order valence-electron chi connectivity index (χ3n) is 4.56. The Morgan fingerprint density at radius 2 is 1.74 bits per heavy atom. The molecular formula is C23H20O4. The van der Waals surface area contributed by atoms with Crippen molar-refractivity contribution in [2.75, 3.05) is 7.11 Å². The van der Waals surface area contributed by atoms with Crippen LogP contribution in [0, 0.1) is 0 Å². The molecule has 3 aromatic carbocycles. The van der Waals surface area contributed by atoms with Crippen LogP contribution in [0.2, 0.25) is 0 Å². The van der Waals surface area contributed by atoms with E-state index >= 15 is 0 Å². The summed E-state index contributed by atoms with van der Waals surface area (Å²) in [6, 6.07) is 24.8. The van der Waals surface area contributed by atoms with Gasteiger partial charge in [0.1, 0.15) is 24.2 Å². The van der Waals surface area contributed by atoms with Gasteiger partial charge in [0.25, 0.3) is 0 Å². The molecule has 0 aliphatic carbocycles. The minimum absolute atomic E-state index is 0.0634. The Labute approximate surface area is 158 Å². The van der Waals surface area contributed by atoms with Gasteiger partial charge in [-0.25, -0.2) is 0 Å². The Kier molecular flexibility index (Phi) is 4.90. The second-order valence-electron chi connectivity index (χ2n) is 6.39. The zero-order valence-corrected chi connectivity index (χ0v) is 15.0. The Morgan fingerprint density at radius 1 is 0.963 bits per heavy atom. The molecule has 0 bridgehead atoms. The number of carbonyl (C=O) groups is 1. The van der Waals surface area contributed by atoms with Gasteiger partial charge >= 0.3 is 0 Å². The van der Waals surface area contributed by atoms with Crippen molar-refractivity contribution in [1.82, 2.24) is 0 Å². The zero-order chi connectivity index (χ0) is 18.6. The molecule has 0 spiro atoms. The standard InChI is InChI=1S/C23H20O4/c1-25-18-11-7-10-17(14-18)22-23(27-22)21(24)19-12-5-6-13-20(19)26-15-16-8-3-2-4-9-16/h2-14,22-23H,15H2,1H3/t22-,23-/m1/s1. The fourth-order valence-electron chi connectivity index (χ4n) is 3.07. The lowest BCUT2D eigenvalue weighted by Crippen LogP contribution is -2.10. The van der Waals surface area contributed by atoms with Crippen LogP contribution in [0.1, 0.15) is 27.6 Å². The highest BCUT2D eigenvalue weighted by Crippen LogP contribution is 2.42. The van der Waals surface area contributed by atoms with E-state index in [4.69, 9.17) is 14.2 Å². The number of Topliss-reactive ketones (excluding diaryl/α,β-unsaturated/α-hetero) is 1. The molecule has 4 rings (SSSR count). The summed E-state index contributed by atoms with van der Waals surface area (Å²) >= 11 is 0. The van der Waals surface area contributed by atoms with Gasteiger partial charge in [0.2, 0.25) is 0 Å².